The zero-order chi connectivity index (χ0) is 14.0. The summed E-state index contributed by atoms with van der Waals surface area (Å²) in [7, 11) is 0. The third-order valence-corrected chi connectivity index (χ3v) is 3.01. The van der Waals surface area contributed by atoms with Crippen molar-refractivity contribution in [2.75, 3.05) is 26.2 Å². The molecule has 0 amide bonds. The zero-order valence-corrected chi connectivity index (χ0v) is 11.6. The molecule has 3 N–H and O–H groups in total. The Bertz CT molecular complexity index is 482. The number of hydrogen-bond donors (Lipinski definition) is 3. The number of aliphatic hydroxyl groups is 1. The molecule has 2 aromatic rings. The van der Waals surface area contributed by atoms with Gasteiger partial charge in [0, 0.05) is 12.1 Å². The second kappa shape index (κ2) is 8.53. The fourth-order valence-electron chi connectivity index (χ4n) is 1.98. The van der Waals surface area contributed by atoms with Crippen molar-refractivity contribution in [1.29, 1.82) is 0 Å². The Hall–Kier alpha value is -1.62. The average Bonchev–Trinajstić information content (AvgIpc) is 2.96. The van der Waals surface area contributed by atoms with Gasteiger partial charge in [-0.15, -0.1) is 0 Å². The van der Waals surface area contributed by atoms with Crippen molar-refractivity contribution >= 4 is 0 Å². The van der Waals surface area contributed by atoms with Gasteiger partial charge in [-0.1, -0.05) is 30.3 Å². The Morgan fingerprint density at radius 3 is 2.50 bits per heavy atom. The second-order valence-corrected chi connectivity index (χ2v) is 4.64. The van der Waals surface area contributed by atoms with E-state index in [0.717, 1.165) is 43.1 Å². The van der Waals surface area contributed by atoms with E-state index in [9.17, 15) is 0 Å². The van der Waals surface area contributed by atoms with Crippen molar-refractivity contribution in [3.05, 3.63) is 48.2 Å². The first-order chi connectivity index (χ1) is 9.90. The fourth-order valence-corrected chi connectivity index (χ4v) is 1.98. The van der Waals surface area contributed by atoms with E-state index in [-0.39, 0.29) is 6.61 Å². The topological polar surface area (TPSA) is 57.4 Å². The summed E-state index contributed by atoms with van der Waals surface area (Å²) in [5.41, 5.74) is 1.10. The predicted molar refractivity (Wildman–Crippen MR) is 80.4 cm³/mol. The SMILES string of the molecule is OCCNCCCNCc1ccc(-c2ccccc2)o1. The molecule has 2 rings (SSSR count). The van der Waals surface area contributed by atoms with E-state index in [1.165, 1.54) is 0 Å². The minimum atomic E-state index is 0.197. The molecular formula is C16H22N2O2. The van der Waals surface area contributed by atoms with Crippen LogP contribution in [0.25, 0.3) is 11.3 Å². The number of hydrogen-bond acceptors (Lipinski definition) is 4. The molecule has 1 aromatic heterocycles. The van der Waals surface area contributed by atoms with Crippen LogP contribution < -0.4 is 10.6 Å². The monoisotopic (exact) mass is 274 g/mol. The first-order valence-corrected chi connectivity index (χ1v) is 7.06. The average molecular weight is 274 g/mol. The first-order valence-electron chi connectivity index (χ1n) is 7.06. The van der Waals surface area contributed by atoms with Crippen LogP contribution in [-0.2, 0) is 6.54 Å². The number of benzene rings is 1. The highest BCUT2D eigenvalue weighted by molar-refractivity contribution is 5.57. The highest BCUT2D eigenvalue weighted by Crippen LogP contribution is 2.21. The molecule has 0 unspecified atom stereocenters. The first kappa shape index (κ1) is 14.8. The number of nitrogens with one attached hydrogen (secondary N) is 2. The van der Waals surface area contributed by atoms with Crippen LogP contribution >= 0.6 is 0 Å². The lowest BCUT2D eigenvalue weighted by Crippen LogP contribution is -2.23. The molecule has 1 aromatic carbocycles. The third-order valence-electron chi connectivity index (χ3n) is 3.01. The summed E-state index contributed by atoms with van der Waals surface area (Å²) in [6, 6.07) is 14.1. The van der Waals surface area contributed by atoms with Gasteiger partial charge in [0.1, 0.15) is 11.5 Å². The van der Waals surface area contributed by atoms with Crippen LogP contribution in [-0.4, -0.2) is 31.3 Å². The maximum Gasteiger partial charge on any atom is 0.134 e. The molecule has 0 bridgehead atoms. The summed E-state index contributed by atoms with van der Waals surface area (Å²) in [5.74, 6) is 1.86. The van der Waals surface area contributed by atoms with E-state index >= 15 is 0 Å². The molecule has 0 saturated carbocycles. The molecule has 108 valence electrons. The minimum Gasteiger partial charge on any atom is -0.460 e. The highest BCUT2D eigenvalue weighted by Gasteiger charge is 2.03. The van der Waals surface area contributed by atoms with E-state index < -0.39 is 0 Å². The zero-order valence-electron chi connectivity index (χ0n) is 11.6. The van der Waals surface area contributed by atoms with Crippen LogP contribution in [0.1, 0.15) is 12.2 Å². The van der Waals surface area contributed by atoms with Crippen molar-refractivity contribution in [2.45, 2.75) is 13.0 Å². The summed E-state index contributed by atoms with van der Waals surface area (Å²) in [6.45, 7) is 3.45. The van der Waals surface area contributed by atoms with Crippen LogP contribution in [0.5, 0.6) is 0 Å². The molecule has 0 saturated heterocycles. The second-order valence-electron chi connectivity index (χ2n) is 4.64. The lowest BCUT2D eigenvalue weighted by Gasteiger charge is -2.04. The van der Waals surface area contributed by atoms with Crippen molar-refractivity contribution in [2.24, 2.45) is 0 Å². The highest BCUT2D eigenvalue weighted by atomic mass is 16.3. The Morgan fingerprint density at radius 1 is 0.900 bits per heavy atom. The Kier molecular flexibility index (Phi) is 6.31. The predicted octanol–water partition coefficient (Wildman–Crippen LogP) is 2.01. The molecule has 0 atom stereocenters. The van der Waals surface area contributed by atoms with Crippen LogP contribution in [0.15, 0.2) is 46.9 Å². The van der Waals surface area contributed by atoms with Crippen LogP contribution in [0.3, 0.4) is 0 Å². The fraction of sp³-hybridized carbons (Fsp3) is 0.375. The number of aliphatic hydroxyl groups excluding tert-OH is 1. The number of furan rings is 1. The minimum absolute atomic E-state index is 0.197. The van der Waals surface area contributed by atoms with Crippen molar-refractivity contribution < 1.29 is 9.52 Å². The molecule has 4 nitrogen and oxygen atoms in total. The Labute approximate surface area is 119 Å². The van der Waals surface area contributed by atoms with E-state index in [1.807, 2.05) is 42.5 Å². The van der Waals surface area contributed by atoms with Gasteiger partial charge in [0.05, 0.1) is 13.2 Å². The van der Waals surface area contributed by atoms with Gasteiger partial charge in [0.25, 0.3) is 0 Å². The lowest BCUT2D eigenvalue weighted by atomic mass is 10.2. The van der Waals surface area contributed by atoms with Crippen molar-refractivity contribution in [3.63, 3.8) is 0 Å². The molecule has 0 aliphatic carbocycles. The standard InChI is InChI=1S/C16H22N2O2/c19-12-11-17-9-4-10-18-13-15-7-8-16(20-15)14-5-2-1-3-6-14/h1-3,5-8,17-19H,4,9-13H2. The molecule has 0 radical (unpaired) electrons. The van der Waals surface area contributed by atoms with Crippen LogP contribution in [0.4, 0.5) is 0 Å². The Morgan fingerprint density at radius 2 is 1.70 bits per heavy atom. The number of rotatable bonds is 9. The summed E-state index contributed by atoms with van der Waals surface area (Å²) in [5, 5.41) is 15.1. The van der Waals surface area contributed by atoms with Crippen LogP contribution in [0.2, 0.25) is 0 Å². The largest absolute Gasteiger partial charge is 0.460 e. The van der Waals surface area contributed by atoms with E-state index in [2.05, 4.69) is 10.6 Å². The van der Waals surface area contributed by atoms with Gasteiger partial charge in [-0.2, -0.15) is 0 Å². The van der Waals surface area contributed by atoms with Gasteiger partial charge in [-0.25, -0.2) is 0 Å². The van der Waals surface area contributed by atoms with Gasteiger partial charge < -0.3 is 20.2 Å². The van der Waals surface area contributed by atoms with Gasteiger partial charge >= 0.3 is 0 Å². The maximum atomic E-state index is 8.62. The Balaban J connectivity index is 1.69. The molecule has 0 aliphatic rings. The molecule has 0 fully saturated rings. The summed E-state index contributed by atoms with van der Waals surface area (Å²) in [4.78, 5) is 0. The quantitative estimate of drug-likeness (QED) is 0.612. The molecule has 0 spiro atoms. The molecule has 0 aliphatic heterocycles. The van der Waals surface area contributed by atoms with Crippen LogP contribution in [0, 0.1) is 0 Å². The van der Waals surface area contributed by atoms with E-state index in [1.54, 1.807) is 0 Å². The van der Waals surface area contributed by atoms with E-state index in [4.69, 9.17) is 9.52 Å². The molecule has 20 heavy (non-hydrogen) atoms. The summed E-state index contributed by atoms with van der Waals surface area (Å²) >= 11 is 0. The van der Waals surface area contributed by atoms with Crippen molar-refractivity contribution in [1.82, 2.24) is 10.6 Å². The third kappa shape index (κ3) is 4.81. The van der Waals surface area contributed by atoms with Gasteiger partial charge in [-0.05, 0) is 31.6 Å². The van der Waals surface area contributed by atoms with E-state index in [0.29, 0.717) is 6.54 Å². The summed E-state index contributed by atoms with van der Waals surface area (Å²) in [6.07, 6.45) is 1.03. The van der Waals surface area contributed by atoms with Gasteiger partial charge in [0.2, 0.25) is 0 Å². The molecule has 1 heterocycles. The summed E-state index contributed by atoms with van der Waals surface area (Å²) < 4.78 is 5.80. The normalized spacial score (nSPS) is 10.8. The van der Waals surface area contributed by atoms with Gasteiger partial charge in [0.15, 0.2) is 0 Å². The molecular weight excluding hydrogens is 252 g/mol. The maximum absolute atomic E-state index is 8.62. The van der Waals surface area contributed by atoms with Gasteiger partial charge in [-0.3, -0.25) is 0 Å². The van der Waals surface area contributed by atoms with Crippen molar-refractivity contribution in [3.8, 4) is 11.3 Å². The molecule has 4 heteroatoms. The lowest BCUT2D eigenvalue weighted by molar-refractivity contribution is 0.292. The smallest absolute Gasteiger partial charge is 0.134 e.